The summed E-state index contributed by atoms with van der Waals surface area (Å²) in [7, 11) is 0. The van der Waals surface area contributed by atoms with E-state index in [9.17, 15) is 14.7 Å². The number of aromatic nitrogens is 1. The van der Waals surface area contributed by atoms with E-state index in [2.05, 4.69) is 16.9 Å². The molecular formula is C22H23N3O3S. The molecule has 4 rings (SSSR count). The van der Waals surface area contributed by atoms with Gasteiger partial charge in [0.1, 0.15) is 6.54 Å². The van der Waals surface area contributed by atoms with Crippen molar-refractivity contribution in [1.82, 2.24) is 14.2 Å². The van der Waals surface area contributed by atoms with Crippen molar-refractivity contribution < 1.29 is 14.7 Å². The lowest BCUT2D eigenvalue weighted by Crippen LogP contribution is -2.40. The van der Waals surface area contributed by atoms with Gasteiger partial charge in [0.05, 0.1) is 0 Å². The molecule has 3 aromatic rings. The monoisotopic (exact) mass is 409 g/mol. The number of aryl methyl sites for hydroxylation is 1. The summed E-state index contributed by atoms with van der Waals surface area (Å²) in [5.41, 5.74) is 4.24. The molecule has 0 atom stereocenters. The molecular weight excluding hydrogens is 386 g/mol. The number of para-hydroxylation sites is 1. The molecule has 2 amide bonds. The molecule has 2 aromatic carbocycles. The number of benzene rings is 2. The van der Waals surface area contributed by atoms with Crippen molar-refractivity contribution in [3.8, 4) is 0 Å². The average molecular weight is 410 g/mol. The van der Waals surface area contributed by atoms with Gasteiger partial charge in [0.25, 0.3) is 0 Å². The summed E-state index contributed by atoms with van der Waals surface area (Å²) in [6.45, 7) is 1.01. The van der Waals surface area contributed by atoms with E-state index in [1.165, 1.54) is 17.5 Å². The topological polar surface area (TPSA) is 74.6 Å². The van der Waals surface area contributed by atoms with Crippen LogP contribution in [0.5, 0.6) is 0 Å². The fourth-order valence-electron chi connectivity index (χ4n) is 3.88. The zero-order chi connectivity index (χ0) is 20.2. The molecule has 0 spiro atoms. The van der Waals surface area contributed by atoms with E-state index < -0.39 is 5.97 Å². The van der Waals surface area contributed by atoms with Gasteiger partial charge in [-0.3, -0.25) is 9.52 Å². The standard InChI is InChI=1S/C22H23N3O3S/c26-21(27)15-25-19-9-5-4-8-17(19)18-14-24(12-10-20(18)25)22(28)23-29-13-11-16-6-2-1-3-7-16/h1-9H,10-15H2,(H,23,28)(H,26,27). The normalized spacial score (nSPS) is 13.3. The largest absolute Gasteiger partial charge is 0.480 e. The molecule has 7 heteroatoms. The summed E-state index contributed by atoms with van der Waals surface area (Å²) in [6.07, 6.45) is 1.55. The molecule has 1 aliphatic heterocycles. The molecule has 29 heavy (non-hydrogen) atoms. The summed E-state index contributed by atoms with van der Waals surface area (Å²) >= 11 is 1.42. The lowest BCUT2D eigenvalue weighted by molar-refractivity contribution is -0.137. The minimum absolute atomic E-state index is 0.0582. The van der Waals surface area contributed by atoms with Gasteiger partial charge in [-0.25, -0.2) is 4.79 Å². The van der Waals surface area contributed by atoms with Crippen LogP contribution >= 0.6 is 11.9 Å². The highest BCUT2D eigenvalue weighted by molar-refractivity contribution is 7.97. The van der Waals surface area contributed by atoms with Gasteiger partial charge in [0, 0.05) is 47.4 Å². The SMILES string of the molecule is O=C(O)Cn1c2c(c3ccccc31)CN(C(=O)NSCCc1ccccc1)CC2. The van der Waals surface area contributed by atoms with E-state index in [1.54, 1.807) is 4.90 Å². The highest BCUT2D eigenvalue weighted by Crippen LogP contribution is 2.31. The van der Waals surface area contributed by atoms with Gasteiger partial charge in [-0.2, -0.15) is 0 Å². The predicted octanol–water partition coefficient (Wildman–Crippen LogP) is 3.68. The molecule has 6 nitrogen and oxygen atoms in total. The number of fused-ring (bicyclic) bond motifs is 3. The summed E-state index contributed by atoms with van der Waals surface area (Å²) < 4.78 is 4.82. The van der Waals surface area contributed by atoms with Gasteiger partial charge >= 0.3 is 12.0 Å². The molecule has 0 bridgehead atoms. The maximum Gasteiger partial charge on any atom is 0.327 e. The predicted molar refractivity (Wildman–Crippen MR) is 115 cm³/mol. The first-order chi connectivity index (χ1) is 14.1. The highest BCUT2D eigenvalue weighted by Gasteiger charge is 2.27. The maximum absolute atomic E-state index is 12.6. The number of nitrogens with zero attached hydrogens (tertiary/aromatic N) is 2. The number of carboxylic acid groups (broad SMARTS) is 1. The Morgan fingerprint density at radius 1 is 1.07 bits per heavy atom. The number of hydrogen-bond acceptors (Lipinski definition) is 3. The minimum Gasteiger partial charge on any atom is -0.480 e. The zero-order valence-electron chi connectivity index (χ0n) is 16.0. The number of aliphatic carboxylic acids is 1. The van der Waals surface area contributed by atoms with Crippen molar-refractivity contribution in [1.29, 1.82) is 0 Å². The van der Waals surface area contributed by atoms with Crippen LogP contribution in [0.3, 0.4) is 0 Å². The molecule has 150 valence electrons. The maximum atomic E-state index is 12.6. The summed E-state index contributed by atoms with van der Waals surface area (Å²) in [5.74, 6) is -0.0456. The first-order valence-electron chi connectivity index (χ1n) is 9.65. The third kappa shape index (κ3) is 4.24. The molecule has 0 aliphatic carbocycles. The van der Waals surface area contributed by atoms with E-state index in [4.69, 9.17) is 0 Å². The zero-order valence-corrected chi connectivity index (χ0v) is 16.8. The lowest BCUT2D eigenvalue weighted by Gasteiger charge is -2.28. The number of rotatable bonds is 6. The van der Waals surface area contributed by atoms with Crippen LogP contribution in [0.25, 0.3) is 10.9 Å². The second-order valence-electron chi connectivity index (χ2n) is 7.09. The van der Waals surface area contributed by atoms with Crippen molar-refractivity contribution >= 4 is 34.9 Å². The van der Waals surface area contributed by atoms with Crippen molar-refractivity contribution in [3.05, 3.63) is 71.4 Å². The minimum atomic E-state index is -0.858. The van der Waals surface area contributed by atoms with E-state index in [-0.39, 0.29) is 12.6 Å². The molecule has 1 aromatic heterocycles. The third-order valence-electron chi connectivity index (χ3n) is 5.24. The van der Waals surface area contributed by atoms with Crippen molar-refractivity contribution in [2.75, 3.05) is 12.3 Å². The second-order valence-corrected chi connectivity index (χ2v) is 7.99. The van der Waals surface area contributed by atoms with E-state index >= 15 is 0 Å². The first-order valence-corrected chi connectivity index (χ1v) is 10.6. The molecule has 2 N–H and O–H groups in total. The van der Waals surface area contributed by atoms with E-state index in [1.807, 2.05) is 47.0 Å². The molecule has 1 aliphatic rings. The van der Waals surface area contributed by atoms with Crippen LogP contribution in [0.4, 0.5) is 4.79 Å². The van der Waals surface area contributed by atoms with Crippen LogP contribution in [-0.4, -0.2) is 38.9 Å². The molecule has 0 saturated carbocycles. The Hall–Kier alpha value is -2.93. The van der Waals surface area contributed by atoms with E-state index in [0.29, 0.717) is 19.5 Å². The number of amides is 2. The van der Waals surface area contributed by atoms with E-state index in [0.717, 1.165) is 34.3 Å². The van der Waals surface area contributed by atoms with Crippen LogP contribution in [0.1, 0.15) is 16.8 Å². The number of carbonyl (C=O) groups is 2. The van der Waals surface area contributed by atoms with Crippen LogP contribution in [0, 0.1) is 0 Å². The van der Waals surface area contributed by atoms with Crippen LogP contribution < -0.4 is 4.72 Å². The summed E-state index contributed by atoms with van der Waals surface area (Å²) in [6, 6.07) is 17.9. The van der Waals surface area contributed by atoms with Gasteiger partial charge < -0.3 is 14.6 Å². The Balaban J connectivity index is 1.41. The van der Waals surface area contributed by atoms with Gasteiger partial charge in [-0.1, -0.05) is 48.5 Å². The molecule has 0 radical (unpaired) electrons. The fourth-order valence-corrected chi connectivity index (χ4v) is 4.57. The first kappa shape index (κ1) is 19.4. The Morgan fingerprint density at radius 2 is 1.83 bits per heavy atom. The number of carboxylic acids is 1. The molecule has 0 fully saturated rings. The number of urea groups is 1. The molecule has 0 unspecified atom stereocenters. The Kier molecular flexibility index (Phi) is 5.76. The van der Waals surface area contributed by atoms with Crippen LogP contribution in [0.15, 0.2) is 54.6 Å². The Morgan fingerprint density at radius 3 is 2.62 bits per heavy atom. The number of nitrogens with one attached hydrogen (secondary N) is 1. The molecule has 0 saturated heterocycles. The summed E-state index contributed by atoms with van der Waals surface area (Å²) in [4.78, 5) is 25.8. The van der Waals surface area contributed by atoms with Crippen molar-refractivity contribution in [3.63, 3.8) is 0 Å². The quantitative estimate of drug-likeness (QED) is 0.481. The van der Waals surface area contributed by atoms with Crippen molar-refractivity contribution in [2.24, 2.45) is 0 Å². The van der Waals surface area contributed by atoms with Gasteiger partial charge in [-0.15, -0.1) is 0 Å². The van der Waals surface area contributed by atoms with Crippen LogP contribution in [0.2, 0.25) is 0 Å². The lowest BCUT2D eigenvalue weighted by atomic mass is 10.0. The van der Waals surface area contributed by atoms with Crippen molar-refractivity contribution in [2.45, 2.75) is 25.9 Å². The smallest absolute Gasteiger partial charge is 0.327 e. The van der Waals surface area contributed by atoms with Gasteiger partial charge in [0.15, 0.2) is 0 Å². The molecule has 2 heterocycles. The summed E-state index contributed by atoms with van der Waals surface area (Å²) in [5, 5.41) is 10.3. The fraction of sp³-hybridized carbons (Fsp3) is 0.273. The van der Waals surface area contributed by atoms with Crippen LogP contribution in [-0.2, 0) is 30.7 Å². The number of carbonyl (C=O) groups excluding carboxylic acids is 1. The second kappa shape index (κ2) is 8.61. The number of hydrogen-bond donors (Lipinski definition) is 2. The Labute approximate surface area is 173 Å². The van der Waals surface area contributed by atoms with Gasteiger partial charge in [0.2, 0.25) is 0 Å². The third-order valence-corrected chi connectivity index (χ3v) is 5.96. The Bertz CT molecular complexity index is 1030. The average Bonchev–Trinajstić information content (AvgIpc) is 3.04. The van der Waals surface area contributed by atoms with Gasteiger partial charge in [-0.05, 0) is 30.0 Å². The highest BCUT2D eigenvalue weighted by atomic mass is 32.2.